The molecule has 1 aromatic rings. The molecule has 0 saturated carbocycles. The van der Waals surface area contributed by atoms with Crippen LogP contribution < -0.4 is 4.74 Å². The summed E-state index contributed by atoms with van der Waals surface area (Å²) >= 11 is 0. The minimum absolute atomic E-state index is 0.0251. The van der Waals surface area contributed by atoms with Gasteiger partial charge in [0.25, 0.3) is 0 Å². The van der Waals surface area contributed by atoms with Gasteiger partial charge in [0.15, 0.2) is 5.78 Å². The highest BCUT2D eigenvalue weighted by molar-refractivity contribution is 5.94. The smallest absolute Gasteiger partial charge is 0.159 e. The molecular formula is C17H23NO4. The van der Waals surface area contributed by atoms with Gasteiger partial charge in [-0.2, -0.15) is 0 Å². The number of Topliss-reactive ketones (excluding diaryl/α,β-unsaturated/α-hetero) is 1. The number of carbonyl (C=O) groups is 1. The molecular weight excluding hydrogens is 282 g/mol. The molecule has 2 aliphatic rings. The van der Waals surface area contributed by atoms with Crippen molar-refractivity contribution in [3.05, 3.63) is 29.3 Å². The fraction of sp³-hybridized carbons (Fsp3) is 0.588. The van der Waals surface area contributed by atoms with Gasteiger partial charge in [-0.15, -0.1) is 0 Å². The van der Waals surface area contributed by atoms with Crippen molar-refractivity contribution in [2.45, 2.75) is 57.6 Å². The second-order valence-electron chi connectivity index (χ2n) is 6.76. The molecule has 1 fully saturated rings. The SMILES string of the molecule is CC(=O)c1ccc2c(c1)C(N1CCCC1O)C(O)C(C)(C)O2. The predicted molar refractivity (Wildman–Crippen MR) is 81.8 cm³/mol. The number of likely N-dealkylation sites (tertiary alicyclic amines) is 1. The number of carbonyl (C=O) groups excluding carboxylic acids is 1. The summed E-state index contributed by atoms with van der Waals surface area (Å²) in [6, 6.07) is 4.95. The molecule has 2 heterocycles. The Bertz CT molecular complexity index is 598. The Morgan fingerprint density at radius 3 is 2.68 bits per heavy atom. The second-order valence-corrected chi connectivity index (χ2v) is 6.76. The summed E-state index contributed by atoms with van der Waals surface area (Å²) < 4.78 is 5.92. The topological polar surface area (TPSA) is 70.0 Å². The standard InChI is InChI=1S/C17H23NO4/c1-10(19)11-6-7-13-12(9-11)15(16(21)17(2,3)22-13)18-8-4-5-14(18)20/h6-7,9,14-16,20-21H,4-5,8H2,1-3H3. The second kappa shape index (κ2) is 5.33. The van der Waals surface area contributed by atoms with Crippen LogP contribution in [0.1, 0.15) is 55.6 Å². The molecule has 3 rings (SSSR count). The molecule has 3 atom stereocenters. The molecule has 5 nitrogen and oxygen atoms in total. The molecule has 0 aromatic heterocycles. The first-order chi connectivity index (χ1) is 10.3. The molecule has 2 N–H and O–H groups in total. The summed E-state index contributed by atoms with van der Waals surface area (Å²) in [6.07, 6.45) is 0.247. The van der Waals surface area contributed by atoms with Crippen molar-refractivity contribution >= 4 is 5.78 Å². The first kappa shape index (κ1) is 15.5. The van der Waals surface area contributed by atoms with E-state index in [1.54, 1.807) is 18.2 Å². The van der Waals surface area contributed by atoms with Crippen LogP contribution in [0.2, 0.25) is 0 Å². The van der Waals surface area contributed by atoms with Crippen molar-refractivity contribution in [2.75, 3.05) is 6.54 Å². The number of benzene rings is 1. The van der Waals surface area contributed by atoms with Crippen molar-refractivity contribution in [3.63, 3.8) is 0 Å². The number of fused-ring (bicyclic) bond motifs is 1. The van der Waals surface area contributed by atoms with Crippen molar-refractivity contribution in [1.29, 1.82) is 0 Å². The lowest BCUT2D eigenvalue weighted by molar-refractivity contribution is -0.117. The molecule has 22 heavy (non-hydrogen) atoms. The van der Waals surface area contributed by atoms with Gasteiger partial charge in [0.05, 0.1) is 6.04 Å². The first-order valence-electron chi connectivity index (χ1n) is 7.77. The van der Waals surface area contributed by atoms with Crippen molar-refractivity contribution < 1.29 is 19.7 Å². The van der Waals surface area contributed by atoms with E-state index in [0.29, 0.717) is 17.7 Å². The molecule has 0 spiro atoms. The average Bonchev–Trinajstić information content (AvgIpc) is 2.85. The number of aliphatic hydroxyl groups excluding tert-OH is 2. The van der Waals surface area contributed by atoms with Crippen LogP contribution >= 0.6 is 0 Å². The molecule has 120 valence electrons. The van der Waals surface area contributed by atoms with Gasteiger partial charge in [-0.3, -0.25) is 9.69 Å². The van der Waals surface area contributed by atoms with E-state index >= 15 is 0 Å². The van der Waals surface area contributed by atoms with E-state index in [2.05, 4.69) is 0 Å². The number of hydrogen-bond donors (Lipinski definition) is 2. The zero-order valence-electron chi connectivity index (χ0n) is 13.2. The lowest BCUT2D eigenvalue weighted by atomic mass is 9.84. The number of nitrogens with zero attached hydrogens (tertiary/aromatic N) is 1. The Morgan fingerprint density at radius 1 is 1.36 bits per heavy atom. The number of rotatable bonds is 2. The zero-order valence-corrected chi connectivity index (χ0v) is 13.2. The maximum absolute atomic E-state index is 11.7. The third kappa shape index (κ3) is 2.43. The van der Waals surface area contributed by atoms with Gasteiger partial charge in [-0.05, 0) is 51.8 Å². The van der Waals surface area contributed by atoms with Crippen LogP contribution in [0.25, 0.3) is 0 Å². The van der Waals surface area contributed by atoms with Gasteiger partial charge in [-0.25, -0.2) is 0 Å². The molecule has 3 unspecified atom stereocenters. The molecule has 2 aliphatic heterocycles. The van der Waals surface area contributed by atoms with Gasteiger partial charge in [0.1, 0.15) is 23.7 Å². The third-order valence-corrected chi connectivity index (χ3v) is 4.74. The molecule has 0 aliphatic carbocycles. The van der Waals surface area contributed by atoms with E-state index < -0.39 is 17.9 Å². The van der Waals surface area contributed by atoms with Gasteiger partial charge >= 0.3 is 0 Å². The normalized spacial score (nSPS) is 30.7. The Kier molecular flexibility index (Phi) is 3.75. The maximum atomic E-state index is 11.7. The quantitative estimate of drug-likeness (QED) is 0.816. The number of ketones is 1. The van der Waals surface area contributed by atoms with Gasteiger partial charge in [-0.1, -0.05) is 0 Å². The van der Waals surface area contributed by atoms with Crippen LogP contribution in [0.4, 0.5) is 0 Å². The zero-order chi connectivity index (χ0) is 16.1. The summed E-state index contributed by atoms with van der Waals surface area (Å²) in [5.41, 5.74) is 0.617. The van der Waals surface area contributed by atoms with Crippen LogP contribution in [0, 0.1) is 0 Å². The summed E-state index contributed by atoms with van der Waals surface area (Å²) in [5.74, 6) is 0.646. The monoisotopic (exact) mass is 305 g/mol. The lowest BCUT2D eigenvalue weighted by Gasteiger charge is -2.46. The third-order valence-electron chi connectivity index (χ3n) is 4.74. The number of aliphatic hydroxyl groups is 2. The van der Waals surface area contributed by atoms with E-state index in [-0.39, 0.29) is 11.8 Å². The lowest BCUT2D eigenvalue weighted by Crippen LogP contribution is -2.54. The van der Waals surface area contributed by atoms with E-state index in [4.69, 9.17) is 4.74 Å². The molecule has 1 aromatic carbocycles. The average molecular weight is 305 g/mol. The fourth-order valence-electron chi connectivity index (χ4n) is 3.44. The van der Waals surface area contributed by atoms with Gasteiger partial charge < -0.3 is 14.9 Å². The fourth-order valence-corrected chi connectivity index (χ4v) is 3.44. The molecule has 5 heteroatoms. The van der Waals surface area contributed by atoms with E-state index in [1.807, 2.05) is 18.7 Å². The molecule has 0 bridgehead atoms. The van der Waals surface area contributed by atoms with Crippen LogP contribution in [-0.4, -0.2) is 45.4 Å². The largest absolute Gasteiger partial charge is 0.485 e. The Morgan fingerprint density at radius 2 is 2.09 bits per heavy atom. The van der Waals surface area contributed by atoms with Crippen LogP contribution in [0.15, 0.2) is 18.2 Å². The molecule has 1 saturated heterocycles. The van der Waals surface area contributed by atoms with E-state index in [0.717, 1.165) is 18.5 Å². The van der Waals surface area contributed by atoms with Crippen molar-refractivity contribution in [3.8, 4) is 5.75 Å². The van der Waals surface area contributed by atoms with E-state index in [9.17, 15) is 15.0 Å². The molecule has 0 amide bonds. The Balaban J connectivity index is 2.10. The maximum Gasteiger partial charge on any atom is 0.159 e. The Hall–Kier alpha value is -1.43. The summed E-state index contributed by atoms with van der Waals surface area (Å²) in [6.45, 7) is 5.93. The van der Waals surface area contributed by atoms with E-state index in [1.165, 1.54) is 6.92 Å². The van der Waals surface area contributed by atoms with Crippen LogP contribution in [0.5, 0.6) is 5.75 Å². The van der Waals surface area contributed by atoms with Gasteiger partial charge in [0, 0.05) is 17.7 Å². The minimum atomic E-state index is -0.782. The number of hydrogen-bond acceptors (Lipinski definition) is 5. The number of ether oxygens (including phenoxy) is 1. The van der Waals surface area contributed by atoms with Crippen molar-refractivity contribution in [1.82, 2.24) is 4.90 Å². The Labute approximate surface area is 130 Å². The summed E-state index contributed by atoms with van der Waals surface area (Å²) in [4.78, 5) is 13.6. The summed E-state index contributed by atoms with van der Waals surface area (Å²) in [7, 11) is 0. The van der Waals surface area contributed by atoms with Crippen molar-refractivity contribution in [2.24, 2.45) is 0 Å². The first-order valence-corrected chi connectivity index (χ1v) is 7.77. The van der Waals surface area contributed by atoms with Crippen LogP contribution in [0.3, 0.4) is 0 Å². The minimum Gasteiger partial charge on any atom is -0.485 e. The predicted octanol–water partition coefficient (Wildman–Crippen LogP) is 1.88. The molecule has 0 radical (unpaired) electrons. The van der Waals surface area contributed by atoms with Crippen LogP contribution in [-0.2, 0) is 0 Å². The highest BCUT2D eigenvalue weighted by Gasteiger charge is 2.47. The summed E-state index contributed by atoms with van der Waals surface area (Å²) in [5, 5.41) is 21.0. The highest BCUT2D eigenvalue weighted by atomic mass is 16.5. The van der Waals surface area contributed by atoms with Gasteiger partial charge in [0.2, 0.25) is 0 Å². The highest BCUT2D eigenvalue weighted by Crippen LogP contribution is 2.45.